The highest BCUT2D eigenvalue weighted by Crippen LogP contribution is 2.30. The fraction of sp³-hybridized carbons (Fsp3) is 0.429. The van der Waals surface area contributed by atoms with Gasteiger partial charge in [-0.1, -0.05) is 24.3 Å². The Morgan fingerprint density at radius 1 is 1.31 bits per heavy atom. The fourth-order valence-corrected chi connectivity index (χ4v) is 3.02. The van der Waals surface area contributed by atoms with E-state index in [2.05, 4.69) is 36.4 Å². The molecule has 0 heterocycles. The SMILES string of the molecule is CC(N)c1ccc(SC2C=CCCC2)cc1. The first-order valence-electron chi connectivity index (χ1n) is 5.94. The second-order valence-corrected chi connectivity index (χ2v) is 5.69. The molecule has 1 aromatic rings. The summed E-state index contributed by atoms with van der Waals surface area (Å²) in [6.07, 6.45) is 8.52. The number of thioether (sulfide) groups is 1. The van der Waals surface area contributed by atoms with Crippen LogP contribution in [0.15, 0.2) is 41.3 Å². The van der Waals surface area contributed by atoms with E-state index in [1.165, 1.54) is 29.7 Å². The van der Waals surface area contributed by atoms with Gasteiger partial charge in [-0.15, -0.1) is 11.8 Å². The molecule has 0 fully saturated rings. The lowest BCUT2D eigenvalue weighted by Gasteiger charge is -2.16. The van der Waals surface area contributed by atoms with Crippen molar-refractivity contribution in [2.45, 2.75) is 42.4 Å². The van der Waals surface area contributed by atoms with E-state index in [0.717, 1.165) is 0 Å². The molecule has 0 bridgehead atoms. The summed E-state index contributed by atoms with van der Waals surface area (Å²) in [4.78, 5) is 1.35. The van der Waals surface area contributed by atoms with Crippen molar-refractivity contribution in [3.05, 3.63) is 42.0 Å². The van der Waals surface area contributed by atoms with Crippen LogP contribution in [-0.2, 0) is 0 Å². The van der Waals surface area contributed by atoms with Crippen molar-refractivity contribution in [1.29, 1.82) is 0 Å². The van der Waals surface area contributed by atoms with E-state index in [9.17, 15) is 0 Å². The molecule has 16 heavy (non-hydrogen) atoms. The average Bonchev–Trinajstić information content (AvgIpc) is 2.31. The Bertz CT molecular complexity index is 354. The fourth-order valence-electron chi connectivity index (χ4n) is 1.90. The summed E-state index contributed by atoms with van der Waals surface area (Å²) in [7, 11) is 0. The molecule has 2 unspecified atom stereocenters. The van der Waals surface area contributed by atoms with Gasteiger partial charge in [0.15, 0.2) is 0 Å². The molecule has 0 spiro atoms. The molecule has 2 N–H and O–H groups in total. The highest BCUT2D eigenvalue weighted by atomic mass is 32.2. The zero-order valence-electron chi connectivity index (χ0n) is 9.73. The standard InChI is InChI=1S/C14H19NS/c1-11(15)12-7-9-14(10-8-12)16-13-5-3-2-4-6-13/h3,5,7-11,13H,2,4,6,15H2,1H3. The molecule has 0 aromatic heterocycles. The van der Waals surface area contributed by atoms with Gasteiger partial charge in [-0.05, 0) is 43.9 Å². The minimum Gasteiger partial charge on any atom is -0.324 e. The zero-order valence-corrected chi connectivity index (χ0v) is 10.5. The second-order valence-electron chi connectivity index (χ2n) is 4.37. The minimum atomic E-state index is 0.133. The Morgan fingerprint density at radius 3 is 2.62 bits per heavy atom. The van der Waals surface area contributed by atoms with E-state index in [1.807, 2.05) is 18.7 Å². The van der Waals surface area contributed by atoms with Crippen molar-refractivity contribution in [3.63, 3.8) is 0 Å². The first-order chi connectivity index (χ1) is 7.75. The molecule has 0 saturated carbocycles. The molecule has 1 aromatic carbocycles. The van der Waals surface area contributed by atoms with Crippen LogP contribution in [0.4, 0.5) is 0 Å². The molecule has 0 radical (unpaired) electrons. The van der Waals surface area contributed by atoms with E-state index in [-0.39, 0.29) is 6.04 Å². The van der Waals surface area contributed by atoms with Gasteiger partial charge >= 0.3 is 0 Å². The molecule has 86 valence electrons. The summed E-state index contributed by atoms with van der Waals surface area (Å²) < 4.78 is 0. The molecule has 1 aliphatic rings. The number of rotatable bonds is 3. The van der Waals surface area contributed by atoms with Gasteiger partial charge in [-0.2, -0.15) is 0 Å². The third-order valence-corrected chi connectivity index (χ3v) is 4.14. The topological polar surface area (TPSA) is 26.0 Å². The van der Waals surface area contributed by atoms with Crippen LogP contribution >= 0.6 is 11.8 Å². The van der Waals surface area contributed by atoms with Gasteiger partial charge < -0.3 is 5.73 Å². The molecule has 0 amide bonds. The van der Waals surface area contributed by atoms with E-state index in [0.29, 0.717) is 5.25 Å². The number of allylic oxidation sites excluding steroid dienone is 1. The average molecular weight is 233 g/mol. The lowest BCUT2D eigenvalue weighted by atomic mass is 10.1. The molecule has 1 aliphatic carbocycles. The lowest BCUT2D eigenvalue weighted by molar-refractivity contribution is 0.741. The Hall–Kier alpha value is -0.730. The molecule has 0 aliphatic heterocycles. The van der Waals surface area contributed by atoms with Gasteiger partial charge in [0.1, 0.15) is 0 Å². The Labute approximate surface area is 102 Å². The van der Waals surface area contributed by atoms with Gasteiger partial charge in [-0.25, -0.2) is 0 Å². The summed E-state index contributed by atoms with van der Waals surface area (Å²) in [6, 6.07) is 8.78. The molecule has 1 nitrogen and oxygen atoms in total. The van der Waals surface area contributed by atoms with Crippen LogP contribution in [0.5, 0.6) is 0 Å². The zero-order chi connectivity index (χ0) is 11.4. The van der Waals surface area contributed by atoms with Crippen LogP contribution in [0.3, 0.4) is 0 Å². The predicted molar refractivity (Wildman–Crippen MR) is 71.7 cm³/mol. The maximum absolute atomic E-state index is 5.83. The van der Waals surface area contributed by atoms with E-state index < -0.39 is 0 Å². The third-order valence-electron chi connectivity index (χ3n) is 2.90. The van der Waals surface area contributed by atoms with Crippen molar-refractivity contribution < 1.29 is 0 Å². The maximum Gasteiger partial charge on any atom is 0.0274 e. The summed E-state index contributed by atoms with van der Waals surface area (Å²) in [6.45, 7) is 2.02. The van der Waals surface area contributed by atoms with Crippen LogP contribution in [0, 0.1) is 0 Å². The maximum atomic E-state index is 5.83. The molecule has 2 atom stereocenters. The summed E-state index contributed by atoms with van der Waals surface area (Å²) in [5.41, 5.74) is 7.04. The number of hydrogen-bond acceptors (Lipinski definition) is 2. The van der Waals surface area contributed by atoms with Gasteiger partial charge in [-0.3, -0.25) is 0 Å². The van der Waals surface area contributed by atoms with Gasteiger partial charge in [0.25, 0.3) is 0 Å². The number of nitrogens with two attached hydrogens (primary N) is 1. The first kappa shape index (κ1) is 11.7. The van der Waals surface area contributed by atoms with Gasteiger partial charge in [0, 0.05) is 16.2 Å². The number of benzene rings is 1. The lowest BCUT2D eigenvalue weighted by Crippen LogP contribution is -2.05. The quantitative estimate of drug-likeness (QED) is 0.801. The van der Waals surface area contributed by atoms with Crippen LogP contribution in [-0.4, -0.2) is 5.25 Å². The predicted octanol–water partition coefficient (Wildman–Crippen LogP) is 3.91. The number of hydrogen-bond donors (Lipinski definition) is 1. The summed E-state index contributed by atoms with van der Waals surface area (Å²) in [5.74, 6) is 0. The molecule has 2 heteroatoms. The second kappa shape index (κ2) is 5.55. The Morgan fingerprint density at radius 2 is 2.06 bits per heavy atom. The monoisotopic (exact) mass is 233 g/mol. The van der Waals surface area contributed by atoms with Crippen LogP contribution in [0.2, 0.25) is 0 Å². The van der Waals surface area contributed by atoms with Crippen molar-refractivity contribution in [3.8, 4) is 0 Å². The highest BCUT2D eigenvalue weighted by Gasteiger charge is 2.09. The molecule has 0 saturated heterocycles. The van der Waals surface area contributed by atoms with Crippen LogP contribution in [0.1, 0.15) is 37.8 Å². The van der Waals surface area contributed by atoms with E-state index in [4.69, 9.17) is 5.73 Å². The van der Waals surface area contributed by atoms with Crippen molar-refractivity contribution in [2.24, 2.45) is 5.73 Å². The summed E-state index contributed by atoms with van der Waals surface area (Å²) >= 11 is 1.96. The van der Waals surface area contributed by atoms with Crippen molar-refractivity contribution >= 4 is 11.8 Å². The van der Waals surface area contributed by atoms with Gasteiger partial charge in [0.05, 0.1) is 0 Å². The third kappa shape index (κ3) is 3.13. The summed E-state index contributed by atoms with van der Waals surface area (Å²) in [5, 5.41) is 0.662. The first-order valence-corrected chi connectivity index (χ1v) is 6.82. The Balaban J connectivity index is 1.99. The van der Waals surface area contributed by atoms with Gasteiger partial charge in [0.2, 0.25) is 0 Å². The van der Waals surface area contributed by atoms with Crippen LogP contribution in [0.25, 0.3) is 0 Å². The van der Waals surface area contributed by atoms with E-state index in [1.54, 1.807) is 0 Å². The normalized spacial score (nSPS) is 22.0. The largest absolute Gasteiger partial charge is 0.324 e. The van der Waals surface area contributed by atoms with E-state index >= 15 is 0 Å². The van der Waals surface area contributed by atoms with Crippen LogP contribution < -0.4 is 5.73 Å². The van der Waals surface area contributed by atoms with Crippen molar-refractivity contribution in [1.82, 2.24) is 0 Å². The molecular weight excluding hydrogens is 214 g/mol. The highest BCUT2D eigenvalue weighted by molar-refractivity contribution is 8.00. The smallest absolute Gasteiger partial charge is 0.0274 e. The molecule has 2 rings (SSSR count). The Kier molecular flexibility index (Phi) is 4.08. The molecular formula is C14H19NS. The minimum absolute atomic E-state index is 0.133. The van der Waals surface area contributed by atoms with Crippen molar-refractivity contribution in [2.75, 3.05) is 0 Å².